The molecule has 3 N–H and O–H groups in total. The maximum absolute atomic E-state index is 13.1. The fraction of sp³-hybridized carbons (Fsp3) is 0.750. The van der Waals surface area contributed by atoms with Crippen LogP contribution in [0.15, 0.2) is 60.8 Å². The molecule has 0 radical (unpaired) electrons. The molecule has 0 aliphatic rings. The van der Waals surface area contributed by atoms with E-state index in [0.29, 0.717) is 19.3 Å². The maximum Gasteiger partial charge on any atom is 0.306 e. The lowest BCUT2D eigenvalue weighted by atomic mass is 10.0. The molecule has 3 atom stereocenters. The van der Waals surface area contributed by atoms with Crippen LogP contribution in [0.2, 0.25) is 0 Å². The summed E-state index contributed by atoms with van der Waals surface area (Å²) in [4.78, 5) is 25.9. The summed E-state index contributed by atoms with van der Waals surface area (Å²) in [5, 5.41) is 23.5. The first kappa shape index (κ1) is 51.6. The molecule has 54 heavy (non-hydrogen) atoms. The van der Waals surface area contributed by atoms with Crippen molar-refractivity contribution < 1.29 is 24.5 Å². The summed E-state index contributed by atoms with van der Waals surface area (Å²) in [6.45, 7) is 6.29. The molecule has 1 amide bonds. The van der Waals surface area contributed by atoms with Crippen molar-refractivity contribution in [2.75, 3.05) is 6.61 Å². The van der Waals surface area contributed by atoms with Gasteiger partial charge in [0.2, 0.25) is 5.91 Å². The number of carbonyl (C=O) groups is 2. The number of carbonyl (C=O) groups excluding carboxylic acids is 2. The maximum atomic E-state index is 13.1. The normalized spacial score (nSPS) is 13.9. The number of unbranched alkanes of at least 4 members (excludes halogenated alkanes) is 18. The van der Waals surface area contributed by atoms with Gasteiger partial charge in [0.25, 0.3) is 0 Å². The molecule has 312 valence electrons. The second kappa shape index (κ2) is 41.7. The van der Waals surface area contributed by atoms with Crippen molar-refractivity contribution in [1.82, 2.24) is 5.32 Å². The van der Waals surface area contributed by atoms with Gasteiger partial charge in [-0.15, -0.1) is 0 Å². The van der Waals surface area contributed by atoms with E-state index in [9.17, 15) is 19.8 Å². The van der Waals surface area contributed by atoms with Crippen molar-refractivity contribution in [1.29, 1.82) is 0 Å². The predicted octanol–water partition coefficient (Wildman–Crippen LogP) is 12.9. The SMILES string of the molecule is CC/C=C\C/C=C\C/C=C\C/C=C\C/C=C\CC(CC(=O)NC(CO)C(O)CCCCCCCCCCC)OC(=O)CCCCCCCCCCCCC. The van der Waals surface area contributed by atoms with Crippen LogP contribution < -0.4 is 5.32 Å². The fourth-order valence-electron chi connectivity index (χ4n) is 6.45. The molecule has 6 heteroatoms. The number of hydrogen-bond donors (Lipinski definition) is 3. The van der Waals surface area contributed by atoms with Crippen molar-refractivity contribution in [2.24, 2.45) is 0 Å². The van der Waals surface area contributed by atoms with Gasteiger partial charge in [-0.2, -0.15) is 0 Å². The minimum atomic E-state index is -0.809. The highest BCUT2D eigenvalue weighted by molar-refractivity contribution is 5.77. The van der Waals surface area contributed by atoms with Crippen molar-refractivity contribution in [2.45, 2.75) is 225 Å². The highest BCUT2D eigenvalue weighted by Gasteiger charge is 2.23. The fourth-order valence-corrected chi connectivity index (χ4v) is 6.45. The van der Waals surface area contributed by atoms with Crippen LogP contribution in [-0.2, 0) is 14.3 Å². The van der Waals surface area contributed by atoms with E-state index in [1.54, 1.807) is 0 Å². The van der Waals surface area contributed by atoms with Gasteiger partial charge in [-0.25, -0.2) is 0 Å². The Morgan fingerprint density at radius 2 is 0.963 bits per heavy atom. The standard InChI is InChI=1S/C48H85NO5/c1-4-7-10-13-16-19-21-22-23-24-26-28-30-33-36-39-44(54-48(53)41-38-35-32-29-25-20-17-14-11-8-5-2)42-47(52)49-45(43-50)46(51)40-37-34-31-27-18-15-12-9-6-3/h7,10,16,19,22-23,26,28,33,36,44-46,50-51H,4-6,8-9,11-15,17-18,20-21,24-25,27,29-32,34-35,37-43H2,1-3H3,(H,49,52)/b10-7-,19-16-,23-22-,28-26-,36-33-. The van der Waals surface area contributed by atoms with Gasteiger partial charge in [-0.3, -0.25) is 9.59 Å². The van der Waals surface area contributed by atoms with Gasteiger partial charge in [0.1, 0.15) is 6.10 Å². The van der Waals surface area contributed by atoms with Crippen LogP contribution in [0.25, 0.3) is 0 Å². The first-order chi connectivity index (χ1) is 26.5. The smallest absolute Gasteiger partial charge is 0.306 e. The number of aliphatic hydroxyl groups is 2. The number of nitrogens with one attached hydrogen (secondary N) is 1. The third-order valence-corrected chi connectivity index (χ3v) is 9.86. The molecular weight excluding hydrogens is 671 g/mol. The Morgan fingerprint density at radius 1 is 0.556 bits per heavy atom. The van der Waals surface area contributed by atoms with Crippen LogP contribution >= 0.6 is 0 Å². The molecule has 0 aliphatic heterocycles. The van der Waals surface area contributed by atoms with E-state index < -0.39 is 18.2 Å². The van der Waals surface area contributed by atoms with Gasteiger partial charge in [-0.05, 0) is 44.9 Å². The van der Waals surface area contributed by atoms with Crippen LogP contribution in [0.1, 0.15) is 207 Å². The minimum Gasteiger partial charge on any atom is -0.461 e. The molecule has 6 nitrogen and oxygen atoms in total. The number of rotatable bonds is 39. The van der Waals surface area contributed by atoms with Crippen molar-refractivity contribution >= 4 is 11.9 Å². The van der Waals surface area contributed by atoms with Crippen LogP contribution in [0, 0.1) is 0 Å². The lowest BCUT2D eigenvalue weighted by Gasteiger charge is -2.24. The summed E-state index contributed by atoms with van der Waals surface area (Å²) >= 11 is 0. The van der Waals surface area contributed by atoms with Crippen LogP contribution in [-0.4, -0.2) is 46.9 Å². The zero-order valence-electron chi connectivity index (χ0n) is 35.3. The predicted molar refractivity (Wildman–Crippen MR) is 232 cm³/mol. The number of hydrogen-bond acceptors (Lipinski definition) is 5. The molecule has 0 saturated carbocycles. The van der Waals surface area contributed by atoms with Crippen molar-refractivity contribution in [3.63, 3.8) is 0 Å². The summed E-state index contributed by atoms with van der Waals surface area (Å²) in [5.74, 6) is -0.583. The second-order valence-corrected chi connectivity index (χ2v) is 15.1. The molecule has 0 aromatic rings. The van der Waals surface area contributed by atoms with Crippen LogP contribution in [0.4, 0.5) is 0 Å². The molecule has 0 rings (SSSR count). The molecule has 0 spiro atoms. The average Bonchev–Trinajstić information content (AvgIpc) is 3.16. The molecule has 0 aliphatic carbocycles. The molecular formula is C48H85NO5. The van der Waals surface area contributed by atoms with Crippen LogP contribution in [0.3, 0.4) is 0 Å². The summed E-state index contributed by atoms with van der Waals surface area (Å²) in [6.07, 6.45) is 50.1. The Hall–Kier alpha value is -2.44. The number of esters is 1. The number of aliphatic hydroxyl groups excluding tert-OH is 2. The Bertz CT molecular complexity index is 984. The Balaban J connectivity index is 4.78. The summed E-state index contributed by atoms with van der Waals surface area (Å²) < 4.78 is 5.83. The second-order valence-electron chi connectivity index (χ2n) is 15.1. The van der Waals surface area contributed by atoms with Gasteiger partial charge in [-0.1, -0.05) is 204 Å². The van der Waals surface area contributed by atoms with Gasteiger partial charge >= 0.3 is 5.97 Å². The Labute approximate surface area is 333 Å². The summed E-state index contributed by atoms with van der Waals surface area (Å²) in [7, 11) is 0. The van der Waals surface area contributed by atoms with E-state index in [2.05, 4.69) is 74.7 Å². The van der Waals surface area contributed by atoms with Crippen molar-refractivity contribution in [3.05, 3.63) is 60.8 Å². The largest absolute Gasteiger partial charge is 0.461 e. The minimum absolute atomic E-state index is 0.000438. The Kier molecular flexibility index (Phi) is 39.8. The lowest BCUT2D eigenvalue weighted by Crippen LogP contribution is -2.46. The quantitative estimate of drug-likeness (QED) is 0.0330. The first-order valence-electron chi connectivity index (χ1n) is 22.5. The van der Waals surface area contributed by atoms with Gasteiger partial charge in [0, 0.05) is 12.8 Å². The molecule has 0 heterocycles. The zero-order valence-corrected chi connectivity index (χ0v) is 35.3. The highest BCUT2D eigenvalue weighted by Crippen LogP contribution is 2.16. The van der Waals surface area contributed by atoms with E-state index in [-0.39, 0.29) is 24.9 Å². The number of ether oxygens (including phenoxy) is 1. The number of amides is 1. The molecule has 0 fully saturated rings. The molecule has 0 aromatic carbocycles. The first-order valence-corrected chi connectivity index (χ1v) is 22.5. The summed E-state index contributed by atoms with van der Waals surface area (Å²) in [5.41, 5.74) is 0. The van der Waals surface area contributed by atoms with Crippen LogP contribution in [0.5, 0.6) is 0 Å². The monoisotopic (exact) mass is 756 g/mol. The molecule has 0 bridgehead atoms. The summed E-state index contributed by atoms with van der Waals surface area (Å²) in [6, 6.07) is -0.729. The highest BCUT2D eigenvalue weighted by atomic mass is 16.5. The molecule has 0 aromatic heterocycles. The van der Waals surface area contributed by atoms with E-state index in [1.165, 1.54) is 89.9 Å². The Morgan fingerprint density at radius 3 is 1.41 bits per heavy atom. The number of allylic oxidation sites excluding steroid dienone is 9. The van der Waals surface area contributed by atoms with E-state index >= 15 is 0 Å². The molecule has 0 saturated heterocycles. The van der Waals surface area contributed by atoms with Gasteiger partial charge in [0.05, 0.1) is 25.2 Å². The van der Waals surface area contributed by atoms with Crippen molar-refractivity contribution in [3.8, 4) is 0 Å². The zero-order chi connectivity index (χ0) is 39.6. The third-order valence-electron chi connectivity index (χ3n) is 9.86. The lowest BCUT2D eigenvalue weighted by molar-refractivity contribution is -0.150. The van der Waals surface area contributed by atoms with E-state index in [0.717, 1.165) is 70.6 Å². The van der Waals surface area contributed by atoms with Gasteiger partial charge < -0.3 is 20.3 Å². The molecule has 3 unspecified atom stereocenters. The van der Waals surface area contributed by atoms with Gasteiger partial charge in [0.15, 0.2) is 0 Å². The third kappa shape index (κ3) is 36.5. The average molecular weight is 756 g/mol. The van der Waals surface area contributed by atoms with E-state index in [4.69, 9.17) is 4.74 Å². The topological polar surface area (TPSA) is 95.9 Å². The van der Waals surface area contributed by atoms with E-state index in [1.807, 2.05) is 12.2 Å².